The van der Waals surface area contributed by atoms with Crippen LogP contribution in [0.15, 0.2) is 16.7 Å². The minimum Gasteiger partial charge on any atom is -0.397 e. The molecule has 0 saturated carbocycles. The summed E-state index contributed by atoms with van der Waals surface area (Å²) in [4.78, 5) is 0. The molecule has 0 aromatic carbocycles. The summed E-state index contributed by atoms with van der Waals surface area (Å²) in [6.45, 7) is 16.7. The van der Waals surface area contributed by atoms with Gasteiger partial charge < -0.3 is 15.3 Å². The molecule has 0 aromatic rings. The molecular weight excluding hydrogens is 288 g/mol. The van der Waals surface area contributed by atoms with Gasteiger partial charge in [-0.1, -0.05) is 33.1 Å². The zero-order valence-electron chi connectivity index (χ0n) is 14.5. The van der Waals surface area contributed by atoms with Crippen LogP contribution in [-0.2, 0) is 21.7 Å². The molecule has 0 aromatic heterocycles. The van der Waals surface area contributed by atoms with E-state index in [0.717, 1.165) is 0 Å². The van der Waals surface area contributed by atoms with Gasteiger partial charge in [0, 0.05) is 41.5 Å². The van der Waals surface area contributed by atoms with E-state index < -0.39 is 0 Å². The predicted octanol–water partition coefficient (Wildman–Crippen LogP) is 3.11. The van der Waals surface area contributed by atoms with Gasteiger partial charge in [0.2, 0.25) is 0 Å². The first-order chi connectivity index (χ1) is 8.69. The third-order valence-electron chi connectivity index (χ3n) is 2.56. The topological polar surface area (TPSA) is 60.7 Å². The second-order valence-electron chi connectivity index (χ2n) is 4.57. The molecule has 0 bridgehead atoms. The summed E-state index contributed by atoms with van der Waals surface area (Å²) in [5.74, 6) is 0. The van der Waals surface area contributed by atoms with Gasteiger partial charge in [-0.3, -0.25) is 6.08 Å². The van der Waals surface area contributed by atoms with E-state index >= 15 is 0 Å². The average molecular weight is 321 g/mol. The van der Waals surface area contributed by atoms with Crippen molar-refractivity contribution in [2.45, 2.75) is 55.4 Å². The average Bonchev–Trinajstić information content (AvgIpc) is 2.45. The molecule has 0 radical (unpaired) electrons. The van der Waals surface area contributed by atoms with Gasteiger partial charge in [0.15, 0.2) is 0 Å². The van der Waals surface area contributed by atoms with Crippen LogP contribution < -0.4 is 0 Å². The SMILES string of the molecule is CC1=[C-]C(C)(C)C(C)=C1C.CCO.CCO.CCO.[Ti]. The Labute approximate surface area is 140 Å². The molecule has 1 rings (SSSR count). The summed E-state index contributed by atoms with van der Waals surface area (Å²) >= 11 is 0. The van der Waals surface area contributed by atoms with Crippen molar-refractivity contribution in [3.63, 3.8) is 0 Å². The fourth-order valence-corrected chi connectivity index (χ4v) is 1.41. The number of hydrogen-bond acceptors (Lipinski definition) is 3. The van der Waals surface area contributed by atoms with Crippen LogP contribution in [0.5, 0.6) is 0 Å². The molecule has 4 heteroatoms. The standard InChI is InChI=1S/C10H15.3C2H6O.Ti/c1-7-6-10(4,5)9(3)8(7)2;3*1-2-3;/h1-5H3;3*3H,2H2,1H3;/q-1;;;;. The van der Waals surface area contributed by atoms with Crippen LogP contribution in [0, 0.1) is 11.5 Å². The fourth-order valence-electron chi connectivity index (χ4n) is 1.41. The maximum Gasteiger partial charge on any atom is 0.0402 e. The zero-order chi connectivity index (χ0) is 16.1. The van der Waals surface area contributed by atoms with E-state index in [1.54, 1.807) is 20.8 Å². The van der Waals surface area contributed by atoms with Gasteiger partial charge in [-0.15, -0.1) is 6.92 Å². The smallest absolute Gasteiger partial charge is 0.0402 e. The van der Waals surface area contributed by atoms with Crippen LogP contribution in [0.3, 0.4) is 0 Å². The monoisotopic (exact) mass is 321 g/mol. The van der Waals surface area contributed by atoms with Crippen LogP contribution in [-0.4, -0.2) is 35.1 Å². The van der Waals surface area contributed by atoms with Crippen molar-refractivity contribution in [1.82, 2.24) is 0 Å². The number of aliphatic hydroxyl groups is 3. The number of allylic oxidation sites excluding steroid dienone is 4. The predicted molar refractivity (Wildman–Crippen MR) is 82.9 cm³/mol. The van der Waals surface area contributed by atoms with E-state index in [4.69, 9.17) is 15.3 Å². The molecule has 3 nitrogen and oxygen atoms in total. The van der Waals surface area contributed by atoms with Crippen LogP contribution in [0.1, 0.15) is 55.4 Å². The van der Waals surface area contributed by atoms with Gasteiger partial charge >= 0.3 is 0 Å². The normalized spacial score (nSPS) is 14.4. The summed E-state index contributed by atoms with van der Waals surface area (Å²) in [7, 11) is 0. The van der Waals surface area contributed by atoms with Crippen molar-refractivity contribution in [2.75, 3.05) is 19.8 Å². The Morgan fingerprint density at radius 3 is 1.15 bits per heavy atom. The Balaban J connectivity index is -0.000000108. The van der Waals surface area contributed by atoms with E-state index in [1.165, 1.54) is 16.7 Å². The minimum absolute atomic E-state index is 0. The number of aliphatic hydroxyl groups excluding tert-OH is 3. The maximum absolute atomic E-state index is 7.57. The largest absolute Gasteiger partial charge is 0.397 e. The summed E-state index contributed by atoms with van der Waals surface area (Å²) in [6.07, 6.45) is 3.44. The molecular formula is C16H33O3Ti-. The third-order valence-corrected chi connectivity index (χ3v) is 2.56. The Kier molecular flexibility index (Phi) is 24.2. The molecule has 0 unspecified atom stereocenters. The number of rotatable bonds is 0. The maximum atomic E-state index is 7.57. The summed E-state index contributed by atoms with van der Waals surface area (Å²) in [5.41, 5.74) is 4.39. The van der Waals surface area contributed by atoms with E-state index in [-0.39, 0.29) is 47.0 Å². The van der Waals surface area contributed by atoms with Crippen molar-refractivity contribution >= 4 is 0 Å². The fraction of sp³-hybridized carbons (Fsp3) is 0.750. The molecule has 0 spiro atoms. The molecule has 120 valence electrons. The molecule has 0 saturated heterocycles. The van der Waals surface area contributed by atoms with Gasteiger partial charge in [0.25, 0.3) is 0 Å². The van der Waals surface area contributed by atoms with E-state index in [9.17, 15) is 0 Å². The first-order valence-corrected chi connectivity index (χ1v) is 6.82. The Morgan fingerprint density at radius 2 is 1.10 bits per heavy atom. The van der Waals surface area contributed by atoms with Crippen LogP contribution in [0.4, 0.5) is 0 Å². The molecule has 0 fully saturated rings. The summed E-state index contributed by atoms with van der Waals surface area (Å²) < 4.78 is 0. The summed E-state index contributed by atoms with van der Waals surface area (Å²) in [5, 5.41) is 22.7. The quantitative estimate of drug-likeness (QED) is 0.474. The Hall–Kier alpha value is 0.0743. The van der Waals surface area contributed by atoms with Crippen molar-refractivity contribution in [3.8, 4) is 0 Å². The first-order valence-electron chi connectivity index (χ1n) is 6.82. The number of hydrogen-bond donors (Lipinski definition) is 3. The Bertz CT molecular complexity index is 264. The van der Waals surface area contributed by atoms with E-state index in [2.05, 4.69) is 40.7 Å². The molecule has 0 amide bonds. The Morgan fingerprint density at radius 1 is 0.850 bits per heavy atom. The molecule has 1 aliphatic rings. The van der Waals surface area contributed by atoms with Gasteiger partial charge in [0.05, 0.1) is 0 Å². The second-order valence-corrected chi connectivity index (χ2v) is 4.57. The van der Waals surface area contributed by atoms with E-state index in [0.29, 0.717) is 0 Å². The van der Waals surface area contributed by atoms with Crippen molar-refractivity contribution < 1.29 is 37.0 Å². The van der Waals surface area contributed by atoms with Gasteiger partial charge in [-0.05, 0) is 20.8 Å². The third kappa shape index (κ3) is 14.5. The molecule has 20 heavy (non-hydrogen) atoms. The second kappa shape index (κ2) is 17.1. The molecule has 0 atom stereocenters. The van der Waals surface area contributed by atoms with E-state index in [1.807, 2.05) is 0 Å². The van der Waals surface area contributed by atoms with Crippen LogP contribution in [0.25, 0.3) is 0 Å². The molecule has 0 aliphatic heterocycles. The van der Waals surface area contributed by atoms with Crippen LogP contribution >= 0.6 is 0 Å². The van der Waals surface area contributed by atoms with Crippen molar-refractivity contribution in [2.24, 2.45) is 5.41 Å². The minimum atomic E-state index is 0. The van der Waals surface area contributed by atoms with Gasteiger partial charge in [0.1, 0.15) is 0 Å². The molecule has 1 aliphatic carbocycles. The van der Waals surface area contributed by atoms with Crippen molar-refractivity contribution in [3.05, 3.63) is 22.8 Å². The van der Waals surface area contributed by atoms with Gasteiger partial charge in [-0.25, -0.2) is 5.57 Å². The zero-order valence-corrected chi connectivity index (χ0v) is 16.0. The first kappa shape index (κ1) is 28.3. The molecule has 3 N–H and O–H groups in total. The van der Waals surface area contributed by atoms with Gasteiger partial charge in [-0.2, -0.15) is 11.1 Å². The molecule has 0 heterocycles. The van der Waals surface area contributed by atoms with Crippen LogP contribution in [0.2, 0.25) is 0 Å². The summed E-state index contributed by atoms with van der Waals surface area (Å²) in [6, 6.07) is 0. The van der Waals surface area contributed by atoms with Crippen molar-refractivity contribution in [1.29, 1.82) is 0 Å².